The highest BCUT2D eigenvalue weighted by Crippen LogP contribution is 2.37. The lowest BCUT2D eigenvalue weighted by Gasteiger charge is -2.47. The number of nitrogens with one attached hydrogen (secondary N) is 1. The molecule has 3 aromatic carbocycles. The minimum Gasteiger partial charge on any atom is -0.497 e. The van der Waals surface area contributed by atoms with Crippen LogP contribution in [0.25, 0.3) is 10.2 Å². The predicted octanol–water partition coefficient (Wildman–Crippen LogP) is 3.98. The second kappa shape index (κ2) is 12.1. The van der Waals surface area contributed by atoms with Crippen molar-refractivity contribution in [3.8, 4) is 5.75 Å². The third kappa shape index (κ3) is 5.53. The molecule has 2 saturated heterocycles. The zero-order valence-corrected chi connectivity index (χ0v) is 25.7. The Morgan fingerprint density at radius 3 is 2.55 bits per heavy atom. The molecule has 228 valence electrons. The van der Waals surface area contributed by atoms with E-state index in [1.54, 1.807) is 26.9 Å². The molecular weight excluding hydrogens is 578 g/mol. The molecular formula is C32H35N7O4S. The molecule has 0 aliphatic carbocycles. The number of hydrazine groups is 1. The van der Waals surface area contributed by atoms with Gasteiger partial charge in [-0.05, 0) is 48.7 Å². The van der Waals surface area contributed by atoms with E-state index in [9.17, 15) is 14.4 Å². The number of piperazine rings is 1. The Labute approximate surface area is 259 Å². The zero-order valence-electron chi connectivity index (χ0n) is 24.8. The number of carbonyl (C=O) groups is 3. The quantitative estimate of drug-likeness (QED) is 0.308. The fourth-order valence-corrected chi connectivity index (χ4v) is 6.80. The number of benzene rings is 3. The molecule has 0 radical (unpaired) electrons. The van der Waals surface area contributed by atoms with Gasteiger partial charge in [0.2, 0.25) is 5.91 Å². The number of methoxy groups -OCH3 is 1. The fourth-order valence-electron chi connectivity index (χ4n) is 6.02. The lowest BCUT2D eigenvalue weighted by molar-refractivity contribution is -0.159. The van der Waals surface area contributed by atoms with Crippen molar-refractivity contribution in [1.29, 1.82) is 0 Å². The average Bonchev–Trinajstić information content (AvgIpc) is 3.56. The van der Waals surface area contributed by atoms with Gasteiger partial charge < -0.3 is 25.6 Å². The van der Waals surface area contributed by atoms with Crippen LogP contribution in [0.4, 0.5) is 9.93 Å². The molecule has 0 saturated carbocycles. The van der Waals surface area contributed by atoms with Crippen LogP contribution < -0.4 is 15.8 Å². The third-order valence-corrected chi connectivity index (χ3v) is 8.88. The van der Waals surface area contributed by atoms with Crippen molar-refractivity contribution in [2.75, 3.05) is 25.9 Å². The van der Waals surface area contributed by atoms with Crippen molar-refractivity contribution in [2.24, 2.45) is 0 Å². The largest absolute Gasteiger partial charge is 0.497 e. The van der Waals surface area contributed by atoms with E-state index in [-0.39, 0.29) is 37.0 Å². The molecule has 0 bridgehead atoms. The minimum absolute atomic E-state index is 0.0263. The van der Waals surface area contributed by atoms with Gasteiger partial charge >= 0.3 is 6.03 Å². The van der Waals surface area contributed by atoms with E-state index in [0.717, 1.165) is 32.7 Å². The average molecular weight is 614 g/mol. The summed E-state index contributed by atoms with van der Waals surface area (Å²) < 4.78 is 6.18. The first-order valence-corrected chi connectivity index (χ1v) is 15.3. The normalized spacial score (nSPS) is 18.6. The second-order valence-electron chi connectivity index (χ2n) is 11.2. The van der Waals surface area contributed by atoms with E-state index in [1.807, 2.05) is 86.6 Å². The van der Waals surface area contributed by atoms with Crippen molar-refractivity contribution in [2.45, 2.75) is 45.2 Å². The first kappa shape index (κ1) is 29.4. The number of nitrogen functional groups attached to an aromatic ring is 1. The van der Waals surface area contributed by atoms with Gasteiger partial charge in [0.1, 0.15) is 18.0 Å². The molecule has 0 unspecified atom stereocenters. The standard InChI is InChI=1S/C32H35N7O4S/c1-20(2)39(32(42)34-16-21-12-14-24(43-3)15-13-21)37-19-27(40)38-26(37)18-36(30(41)29(38)22-8-5-4-6-9-22)17-23-10-7-11-25-28(23)35-31(33)44-25/h4-15,20,26,29H,16-19H2,1-3H3,(H2,33,35)(H,34,42)/t26-,29+/m1/s1. The molecule has 3 heterocycles. The Bertz CT molecular complexity index is 1680. The maximum Gasteiger partial charge on any atom is 0.332 e. The van der Waals surface area contributed by atoms with Gasteiger partial charge in [0.05, 0.1) is 30.4 Å². The van der Waals surface area contributed by atoms with E-state index in [1.165, 1.54) is 11.3 Å². The number of thiazole rings is 1. The molecule has 0 spiro atoms. The summed E-state index contributed by atoms with van der Waals surface area (Å²) in [4.78, 5) is 49.5. The van der Waals surface area contributed by atoms with E-state index >= 15 is 0 Å². The first-order chi connectivity index (χ1) is 21.2. The third-order valence-electron chi connectivity index (χ3n) is 8.03. The first-order valence-electron chi connectivity index (χ1n) is 14.5. The van der Waals surface area contributed by atoms with Crippen molar-refractivity contribution >= 4 is 44.5 Å². The Kier molecular flexibility index (Phi) is 8.11. The van der Waals surface area contributed by atoms with Crippen LogP contribution >= 0.6 is 11.3 Å². The summed E-state index contributed by atoms with van der Waals surface area (Å²) in [5.74, 6) is 0.348. The molecule has 4 amide bonds. The number of ether oxygens (including phenoxy) is 1. The number of rotatable bonds is 8. The molecule has 1 aromatic heterocycles. The van der Waals surface area contributed by atoms with Crippen LogP contribution in [0.3, 0.4) is 0 Å². The summed E-state index contributed by atoms with van der Waals surface area (Å²) in [5.41, 5.74) is 9.29. The van der Waals surface area contributed by atoms with Crippen LogP contribution in [0.1, 0.15) is 36.6 Å². The number of hydrogen-bond acceptors (Lipinski definition) is 8. The van der Waals surface area contributed by atoms with Gasteiger partial charge in [0.25, 0.3) is 5.91 Å². The number of aromatic nitrogens is 1. The summed E-state index contributed by atoms with van der Waals surface area (Å²) in [5, 5.41) is 6.87. The van der Waals surface area contributed by atoms with Gasteiger partial charge in [-0.2, -0.15) is 5.01 Å². The monoisotopic (exact) mass is 613 g/mol. The highest BCUT2D eigenvalue weighted by Gasteiger charge is 2.53. The van der Waals surface area contributed by atoms with Gasteiger partial charge in [-0.3, -0.25) is 14.6 Å². The van der Waals surface area contributed by atoms with Crippen LogP contribution in [0.2, 0.25) is 0 Å². The Morgan fingerprint density at radius 2 is 1.84 bits per heavy atom. The number of nitrogens with zero attached hydrogens (tertiary/aromatic N) is 5. The molecule has 2 aliphatic heterocycles. The maximum atomic E-state index is 14.2. The maximum absolute atomic E-state index is 14.2. The number of fused-ring (bicyclic) bond motifs is 2. The van der Waals surface area contributed by atoms with Gasteiger partial charge in [-0.1, -0.05) is 65.9 Å². The van der Waals surface area contributed by atoms with Crippen molar-refractivity contribution < 1.29 is 19.1 Å². The smallest absolute Gasteiger partial charge is 0.332 e. The minimum atomic E-state index is -0.830. The lowest BCUT2D eigenvalue weighted by Crippen LogP contribution is -2.63. The molecule has 6 rings (SSSR count). The molecule has 11 nitrogen and oxygen atoms in total. The van der Waals surface area contributed by atoms with Crippen LogP contribution in [0, 0.1) is 0 Å². The summed E-state index contributed by atoms with van der Waals surface area (Å²) in [7, 11) is 1.61. The molecule has 2 fully saturated rings. The predicted molar refractivity (Wildman–Crippen MR) is 168 cm³/mol. The number of hydrogen-bond donors (Lipinski definition) is 2. The Balaban J connectivity index is 1.31. The summed E-state index contributed by atoms with van der Waals surface area (Å²) >= 11 is 1.40. The molecule has 44 heavy (non-hydrogen) atoms. The Hall–Kier alpha value is -4.68. The highest BCUT2D eigenvalue weighted by atomic mass is 32.1. The molecule has 4 aromatic rings. The van der Waals surface area contributed by atoms with Gasteiger partial charge in [0.15, 0.2) is 5.13 Å². The Morgan fingerprint density at radius 1 is 1.09 bits per heavy atom. The second-order valence-corrected chi connectivity index (χ2v) is 12.2. The number of anilines is 1. The van der Waals surface area contributed by atoms with E-state index in [4.69, 9.17) is 10.5 Å². The fraction of sp³-hybridized carbons (Fsp3) is 0.312. The van der Waals surface area contributed by atoms with Gasteiger partial charge in [-0.15, -0.1) is 0 Å². The molecule has 12 heteroatoms. The van der Waals surface area contributed by atoms with Crippen LogP contribution in [0.5, 0.6) is 5.75 Å². The van der Waals surface area contributed by atoms with E-state index in [2.05, 4.69) is 10.3 Å². The number of carbonyl (C=O) groups excluding carboxylic acids is 3. The van der Waals surface area contributed by atoms with Crippen molar-refractivity contribution in [3.63, 3.8) is 0 Å². The number of urea groups is 1. The van der Waals surface area contributed by atoms with Gasteiger partial charge in [0, 0.05) is 19.1 Å². The van der Waals surface area contributed by atoms with Crippen molar-refractivity contribution in [3.05, 3.63) is 89.5 Å². The lowest BCUT2D eigenvalue weighted by atomic mass is 10.00. The van der Waals surface area contributed by atoms with Gasteiger partial charge in [-0.25, -0.2) is 9.78 Å². The van der Waals surface area contributed by atoms with Crippen LogP contribution in [-0.2, 0) is 22.7 Å². The highest BCUT2D eigenvalue weighted by molar-refractivity contribution is 7.22. The topological polar surface area (TPSA) is 124 Å². The number of nitrogens with two attached hydrogens (primary N) is 1. The van der Waals surface area contributed by atoms with Crippen molar-refractivity contribution in [1.82, 2.24) is 30.1 Å². The zero-order chi connectivity index (χ0) is 31.0. The molecule has 2 aliphatic rings. The SMILES string of the molecule is COc1ccc(CNC(=O)N(C(C)C)N2CC(=O)N3[C@@H](c4ccccc4)C(=O)N(Cc4cccc5sc(N)nc45)C[C@@H]32)cc1. The summed E-state index contributed by atoms with van der Waals surface area (Å²) in [6, 6.07) is 21.2. The molecule has 3 N–H and O–H groups in total. The number of amides is 4. The number of para-hydroxylation sites is 1. The summed E-state index contributed by atoms with van der Waals surface area (Å²) in [6.07, 6.45) is -0.556. The van der Waals surface area contributed by atoms with E-state index in [0.29, 0.717) is 18.2 Å². The molecule has 2 atom stereocenters. The van der Waals surface area contributed by atoms with Crippen LogP contribution in [0.15, 0.2) is 72.8 Å². The van der Waals surface area contributed by atoms with E-state index < -0.39 is 12.2 Å². The van der Waals surface area contributed by atoms with Crippen LogP contribution in [-0.4, -0.2) is 75.1 Å². The summed E-state index contributed by atoms with van der Waals surface area (Å²) in [6.45, 7) is 4.61.